The lowest BCUT2D eigenvalue weighted by molar-refractivity contribution is 0.0600. The first-order chi connectivity index (χ1) is 14.2. The van der Waals surface area contributed by atoms with Crippen molar-refractivity contribution in [3.05, 3.63) is 71.8 Å². The summed E-state index contributed by atoms with van der Waals surface area (Å²) in [7, 11) is -3.15. The summed E-state index contributed by atoms with van der Waals surface area (Å²) in [6.07, 6.45) is 2.90. The van der Waals surface area contributed by atoms with Gasteiger partial charge in [0.05, 0.1) is 24.9 Å². The Labute approximate surface area is 171 Å². The van der Waals surface area contributed by atoms with E-state index in [2.05, 4.69) is 15.4 Å². The number of hydrogen-bond acceptors (Lipinski definition) is 7. The number of aromatic nitrogens is 3. The minimum atomic E-state index is -4.41. The number of nitrogens with one attached hydrogen (secondary N) is 2. The summed E-state index contributed by atoms with van der Waals surface area (Å²) in [6.45, 7) is 0.323. The molecule has 0 aliphatic carbocycles. The smallest absolute Gasteiger partial charge is 0.357 e. The number of rotatable bonds is 7. The van der Waals surface area contributed by atoms with Crippen LogP contribution in [0.1, 0.15) is 26.3 Å². The standard InChI is InChI=1S/C18H17N5O6S/c1-29-18(25)14-6-12(9-23-11-19-10-20-23)7-16(8-14)21-17(24)13-2-4-15(5-3-13)22-30(26,27)28/h2-8,10-11,22H,9H2,1H3,(H,21,24)(H,26,27,28). The maximum Gasteiger partial charge on any atom is 0.357 e. The van der Waals surface area contributed by atoms with Gasteiger partial charge in [-0.15, -0.1) is 0 Å². The second-order valence-electron chi connectivity index (χ2n) is 6.11. The van der Waals surface area contributed by atoms with Crippen LogP contribution in [0.2, 0.25) is 0 Å². The first kappa shape index (κ1) is 21.0. The highest BCUT2D eigenvalue weighted by molar-refractivity contribution is 7.87. The van der Waals surface area contributed by atoms with Gasteiger partial charge in [-0.3, -0.25) is 14.1 Å². The van der Waals surface area contributed by atoms with Gasteiger partial charge in [0.2, 0.25) is 0 Å². The SMILES string of the molecule is COC(=O)c1cc(Cn2cncn2)cc(NC(=O)c2ccc(NS(=O)(=O)O)cc2)c1. The number of ether oxygens (including phenoxy) is 1. The number of methoxy groups -OCH3 is 1. The van der Waals surface area contributed by atoms with Gasteiger partial charge in [0, 0.05) is 11.3 Å². The third kappa shape index (κ3) is 5.62. The lowest BCUT2D eigenvalue weighted by Crippen LogP contribution is -2.14. The van der Waals surface area contributed by atoms with E-state index in [0.29, 0.717) is 17.8 Å². The van der Waals surface area contributed by atoms with Crippen LogP contribution in [0.25, 0.3) is 0 Å². The minimum absolute atomic E-state index is 0.0943. The molecule has 3 N–H and O–H groups in total. The summed E-state index contributed by atoms with van der Waals surface area (Å²) in [5, 5.41) is 6.70. The molecule has 0 aliphatic heterocycles. The van der Waals surface area contributed by atoms with E-state index in [4.69, 9.17) is 9.29 Å². The number of benzene rings is 2. The Hall–Kier alpha value is -3.77. The molecule has 1 aromatic heterocycles. The Kier molecular flexibility index (Phi) is 6.09. The van der Waals surface area contributed by atoms with Crippen LogP contribution in [-0.2, 0) is 21.6 Å². The number of carbonyl (C=O) groups excluding carboxylic acids is 2. The van der Waals surface area contributed by atoms with Crippen LogP contribution < -0.4 is 10.0 Å². The van der Waals surface area contributed by atoms with Crippen molar-refractivity contribution in [3.63, 3.8) is 0 Å². The molecule has 1 heterocycles. The van der Waals surface area contributed by atoms with Gasteiger partial charge in [-0.1, -0.05) is 0 Å². The molecule has 0 atom stereocenters. The molecule has 1 amide bonds. The molecule has 0 bridgehead atoms. The lowest BCUT2D eigenvalue weighted by atomic mass is 10.1. The van der Waals surface area contributed by atoms with Gasteiger partial charge in [0.25, 0.3) is 5.91 Å². The highest BCUT2D eigenvalue weighted by Gasteiger charge is 2.13. The third-order valence-corrected chi connectivity index (χ3v) is 4.37. The van der Waals surface area contributed by atoms with E-state index in [1.807, 2.05) is 4.72 Å². The van der Waals surface area contributed by atoms with Crippen molar-refractivity contribution < 1.29 is 27.3 Å². The van der Waals surface area contributed by atoms with E-state index < -0.39 is 22.2 Å². The molecule has 12 heteroatoms. The first-order valence-corrected chi connectivity index (χ1v) is 9.89. The molecular formula is C18H17N5O6S. The molecule has 0 saturated heterocycles. The topological polar surface area (TPSA) is 153 Å². The summed E-state index contributed by atoms with van der Waals surface area (Å²) in [5.74, 6) is -1.05. The second-order valence-corrected chi connectivity index (χ2v) is 7.27. The van der Waals surface area contributed by atoms with Crippen molar-refractivity contribution >= 4 is 33.6 Å². The summed E-state index contributed by atoms with van der Waals surface area (Å²) < 4.78 is 38.7. The molecule has 156 valence electrons. The van der Waals surface area contributed by atoms with Gasteiger partial charge in [0.1, 0.15) is 12.7 Å². The van der Waals surface area contributed by atoms with Crippen LogP contribution >= 0.6 is 0 Å². The Morgan fingerprint density at radius 2 is 1.83 bits per heavy atom. The molecule has 0 aliphatic rings. The van der Waals surface area contributed by atoms with Crippen LogP contribution in [0, 0.1) is 0 Å². The van der Waals surface area contributed by atoms with Crippen LogP contribution in [0.15, 0.2) is 55.1 Å². The van der Waals surface area contributed by atoms with Gasteiger partial charge >= 0.3 is 16.3 Å². The van der Waals surface area contributed by atoms with E-state index in [-0.39, 0.29) is 16.8 Å². The number of nitrogens with zero attached hydrogens (tertiary/aromatic N) is 3. The van der Waals surface area contributed by atoms with Gasteiger partial charge in [0.15, 0.2) is 0 Å². The zero-order chi connectivity index (χ0) is 21.7. The summed E-state index contributed by atoms with van der Waals surface area (Å²) in [4.78, 5) is 28.4. The molecule has 3 rings (SSSR count). The van der Waals surface area contributed by atoms with Crippen LogP contribution in [0.4, 0.5) is 11.4 Å². The molecular weight excluding hydrogens is 414 g/mol. The molecule has 2 aromatic carbocycles. The molecule has 0 unspecified atom stereocenters. The Morgan fingerprint density at radius 3 is 2.43 bits per heavy atom. The Bertz CT molecular complexity index is 1160. The van der Waals surface area contributed by atoms with Gasteiger partial charge in [-0.2, -0.15) is 13.5 Å². The fourth-order valence-corrected chi connectivity index (χ4v) is 3.07. The number of esters is 1. The normalized spacial score (nSPS) is 11.0. The van der Waals surface area contributed by atoms with Crippen molar-refractivity contribution in [2.45, 2.75) is 6.54 Å². The largest absolute Gasteiger partial charge is 0.465 e. The van der Waals surface area contributed by atoms with E-state index >= 15 is 0 Å². The summed E-state index contributed by atoms with van der Waals surface area (Å²) >= 11 is 0. The van der Waals surface area contributed by atoms with Crippen molar-refractivity contribution in [1.82, 2.24) is 14.8 Å². The molecule has 3 aromatic rings. The predicted octanol–water partition coefficient (Wildman–Crippen LogP) is 1.58. The average molecular weight is 431 g/mol. The van der Waals surface area contributed by atoms with Crippen LogP contribution in [0.5, 0.6) is 0 Å². The van der Waals surface area contributed by atoms with Crippen molar-refractivity contribution in [2.24, 2.45) is 0 Å². The molecule has 0 saturated carbocycles. The lowest BCUT2D eigenvalue weighted by Gasteiger charge is -2.11. The number of amides is 1. The van der Waals surface area contributed by atoms with Crippen LogP contribution in [-0.4, -0.2) is 46.7 Å². The van der Waals surface area contributed by atoms with Gasteiger partial charge < -0.3 is 10.1 Å². The van der Waals surface area contributed by atoms with E-state index in [1.165, 1.54) is 50.1 Å². The zero-order valence-electron chi connectivity index (χ0n) is 15.6. The fourth-order valence-electron chi connectivity index (χ4n) is 2.63. The monoisotopic (exact) mass is 431 g/mol. The predicted molar refractivity (Wildman–Crippen MR) is 106 cm³/mol. The number of anilines is 2. The Balaban J connectivity index is 1.82. The number of hydrogen-bond donors (Lipinski definition) is 3. The number of carbonyl (C=O) groups is 2. The minimum Gasteiger partial charge on any atom is -0.465 e. The average Bonchev–Trinajstić information content (AvgIpc) is 3.19. The van der Waals surface area contributed by atoms with Gasteiger partial charge in [-0.25, -0.2) is 14.5 Å². The highest BCUT2D eigenvalue weighted by atomic mass is 32.2. The molecule has 0 spiro atoms. The van der Waals surface area contributed by atoms with Gasteiger partial charge in [-0.05, 0) is 48.0 Å². The molecule has 11 nitrogen and oxygen atoms in total. The van der Waals surface area contributed by atoms with Crippen LogP contribution in [0.3, 0.4) is 0 Å². The van der Waals surface area contributed by atoms with Crippen molar-refractivity contribution in [2.75, 3.05) is 17.1 Å². The maximum atomic E-state index is 12.5. The van der Waals surface area contributed by atoms with E-state index in [9.17, 15) is 18.0 Å². The second kappa shape index (κ2) is 8.71. The summed E-state index contributed by atoms with van der Waals surface area (Å²) in [6, 6.07) is 10.2. The molecule has 30 heavy (non-hydrogen) atoms. The van der Waals surface area contributed by atoms with E-state index in [1.54, 1.807) is 16.8 Å². The van der Waals surface area contributed by atoms with Crippen molar-refractivity contribution in [3.8, 4) is 0 Å². The highest BCUT2D eigenvalue weighted by Crippen LogP contribution is 2.19. The molecule has 0 fully saturated rings. The molecule has 0 radical (unpaired) electrons. The maximum absolute atomic E-state index is 12.5. The first-order valence-electron chi connectivity index (χ1n) is 8.45. The third-order valence-electron chi connectivity index (χ3n) is 3.88. The summed E-state index contributed by atoms with van der Waals surface area (Å²) in [5.41, 5.74) is 1.62. The zero-order valence-corrected chi connectivity index (χ0v) is 16.5. The van der Waals surface area contributed by atoms with Crippen molar-refractivity contribution in [1.29, 1.82) is 0 Å². The quantitative estimate of drug-likeness (QED) is 0.376. The van der Waals surface area contributed by atoms with E-state index in [0.717, 1.165) is 0 Å². The fraction of sp³-hybridized carbons (Fsp3) is 0.111. The Morgan fingerprint density at radius 1 is 1.10 bits per heavy atom.